The Balaban J connectivity index is 2.17. The zero-order chi connectivity index (χ0) is 12.3. The standard InChI is InChI=1S/C13H18ClFN2/c1-16-3-2-4-17(6-5-16)13-8-11(10-14)7-12(15)9-13/h7-9H,2-6,10H2,1H3. The lowest BCUT2D eigenvalue weighted by Crippen LogP contribution is -2.28. The average Bonchev–Trinajstić information content (AvgIpc) is 2.53. The van der Waals surface area contributed by atoms with Gasteiger partial charge in [0.25, 0.3) is 0 Å². The Morgan fingerprint density at radius 2 is 2.00 bits per heavy atom. The summed E-state index contributed by atoms with van der Waals surface area (Å²) in [5.41, 5.74) is 1.80. The van der Waals surface area contributed by atoms with Gasteiger partial charge in [-0.3, -0.25) is 0 Å². The van der Waals surface area contributed by atoms with Crippen LogP contribution in [0.3, 0.4) is 0 Å². The van der Waals surface area contributed by atoms with Crippen LogP contribution in [0.1, 0.15) is 12.0 Å². The predicted octanol–water partition coefficient (Wildman–Crippen LogP) is 2.71. The van der Waals surface area contributed by atoms with E-state index in [1.165, 1.54) is 6.07 Å². The van der Waals surface area contributed by atoms with Crippen molar-refractivity contribution in [3.63, 3.8) is 0 Å². The minimum absolute atomic E-state index is 0.198. The molecule has 0 radical (unpaired) electrons. The van der Waals surface area contributed by atoms with Crippen LogP contribution in [0.5, 0.6) is 0 Å². The maximum atomic E-state index is 13.5. The van der Waals surface area contributed by atoms with Gasteiger partial charge in [0.05, 0.1) is 0 Å². The number of alkyl halides is 1. The second kappa shape index (κ2) is 5.69. The molecule has 0 atom stereocenters. The van der Waals surface area contributed by atoms with Crippen LogP contribution in [0.15, 0.2) is 18.2 Å². The number of hydrogen-bond donors (Lipinski definition) is 0. The topological polar surface area (TPSA) is 6.48 Å². The van der Waals surface area contributed by atoms with E-state index in [-0.39, 0.29) is 5.82 Å². The Hall–Kier alpha value is -0.800. The number of hydrogen-bond acceptors (Lipinski definition) is 2. The third-order valence-corrected chi connectivity index (χ3v) is 3.49. The van der Waals surface area contributed by atoms with Crippen molar-refractivity contribution in [2.75, 3.05) is 38.1 Å². The zero-order valence-electron chi connectivity index (χ0n) is 10.1. The molecule has 0 saturated carbocycles. The quantitative estimate of drug-likeness (QED) is 0.751. The number of nitrogens with zero attached hydrogens (tertiary/aromatic N) is 2. The highest BCUT2D eigenvalue weighted by molar-refractivity contribution is 6.17. The summed E-state index contributed by atoms with van der Waals surface area (Å²) in [5.74, 6) is 0.161. The minimum Gasteiger partial charge on any atom is -0.370 e. The van der Waals surface area contributed by atoms with Crippen LogP contribution in [0.25, 0.3) is 0 Å². The van der Waals surface area contributed by atoms with Crippen molar-refractivity contribution >= 4 is 17.3 Å². The molecule has 0 bridgehead atoms. The Labute approximate surface area is 107 Å². The number of rotatable bonds is 2. The summed E-state index contributed by atoms with van der Waals surface area (Å²) < 4.78 is 13.5. The average molecular weight is 257 g/mol. The van der Waals surface area contributed by atoms with Gasteiger partial charge in [-0.1, -0.05) is 0 Å². The first-order chi connectivity index (χ1) is 8.19. The largest absolute Gasteiger partial charge is 0.370 e. The Morgan fingerprint density at radius 3 is 2.76 bits per heavy atom. The van der Waals surface area contributed by atoms with Crippen molar-refractivity contribution in [2.45, 2.75) is 12.3 Å². The molecule has 0 aromatic heterocycles. The Morgan fingerprint density at radius 1 is 1.18 bits per heavy atom. The van der Waals surface area contributed by atoms with Crippen LogP contribution in [-0.4, -0.2) is 38.1 Å². The summed E-state index contributed by atoms with van der Waals surface area (Å²) in [4.78, 5) is 4.55. The van der Waals surface area contributed by atoms with Crippen molar-refractivity contribution in [1.29, 1.82) is 0 Å². The lowest BCUT2D eigenvalue weighted by molar-refractivity contribution is 0.360. The van der Waals surface area contributed by atoms with E-state index in [4.69, 9.17) is 11.6 Å². The molecule has 1 aromatic rings. The first-order valence-electron chi connectivity index (χ1n) is 5.98. The molecule has 17 heavy (non-hydrogen) atoms. The van der Waals surface area contributed by atoms with Gasteiger partial charge in [-0.2, -0.15) is 0 Å². The third kappa shape index (κ3) is 3.33. The molecule has 1 aliphatic rings. The van der Waals surface area contributed by atoms with Gasteiger partial charge in [0, 0.05) is 31.2 Å². The molecule has 94 valence electrons. The van der Waals surface area contributed by atoms with Crippen molar-refractivity contribution in [3.05, 3.63) is 29.6 Å². The van der Waals surface area contributed by atoms with E-state index in [2.05, 4.69) is 16.8 Å². The molecular weight excluding hydrogens is 239 g/mol. The molecule has 0 amide bonds. The summed E-state index contributed by atoms with van der Waals surface area (Å²) in [6.07, 6.45) is 1.11. The highest BCUT2D eigenvalue weighted by Gasteiger charge is 2.13. The molecule has 2 rings (SSSR count). The minimum atomic E-state index is -0.198. The second-order valence-corrected chi connectivity index (χ2v) is 4.86. The van der Waals surface area contributed by atoms with Crippen LogP contribution in [-0.2, 0) is 5.88 Å². The summed E-state index contributed by atoms with van der Waals surface area (Å²) in [7, 11) is 2.12. The monoisotopic (exact) mass is 256 g/mol. The third-order valence-electron chi connectivity index (χ3n) is 3.18. The first-order valence-corrected chi connectivity index (χ1v) is 6.51. The van der Waals surface area contributed by atoms with E-state index in [9.17, 15) is 4.39 Å². The molecule has 0 spiro atoms. The maximum Gasteiger partial charge on any atom is 0.125 e. The van der Waals surface area contributed by atoms with E-state index in [0.717, 1.165) is 43.9 Å². The van der Waals surface area contributed by atoms with Gasteiger partial charge in [-0.15, -0.1) is 11.6 Å². The van der Waals surface area contributed by atoms with Gasteiger partial charge in [-0.05, 0) is 43.8 Å². The van der Waals surface area contributed by atoms with E-state index < -0.39 is 0 Å². The first kappa shape index (κ1) is 12.7. The van der Waals surface area contributed by atoms with Gasteiger partial charge >= 0.3 is 0 Å². The highest BCUT2D eigenvalue weighted by Crippen LogP contribution is 2.21. The fourth-order valence-electron chi connectivity index (χ4n) is 2.20. The van der Waals surface area contributed by atoms with E-state index in [1.807, 2.05) is 6.07 Å². The molecule has 2 nitrogen and oxygen atoms in total. The van der Waals surface area contributed by atoms with Crippen LogP contribution in [0.2, 0.25) is 0 Å². The molecule has 0 aliphatic carbocycles. The maximum absolute atomic E-state index is 13.5. The lowest BCUT2D eigenvalue weighted by atomic mass is 10.2. The van der Waals surface area contributed by atoms with E-state index in [1.54, 1.807) is 6.07 Å². The lowest BCUT2D eigenvalue weighted by Gasteiger charge is -2.23. The fourth-order valence-corrected chi connectivity index (χ4v) is 2.35. The number of anilines is 1. The summed E-state index contributed by atoms with van der Waals surface area (Å²) in [6.45, 7) is 4.05. The number of likely N-dealkylation sites (N-methyl/N-ethyl adjacent to an activating group) is 1. The van der Waals surface area contributed by atoms with E-state index >= 15 is 0 Å². The van der Waals surface area contributed by atoms with Crippen LogP contribution in [0, 0.1) is 5.82 Å². The normalized spacial score (nSPS) is 18.2. The summed E-state index contributed by atoms with van der Waals surface area (Å²) in [6, 6.07) is 5.09. The smallest absolute Gasteiger partial charge is 0.125 e. The molecule has 1 heterocycles. The predicted molar refractivity (Wildman–Crippen MR) is 70.3 cm³/mol. The Bertz CT molecular complexity index is 384. The van der Waals surface area contributed by atoms with Crippen LogP contribution < -0.4 is 4.90 Å². The molecule has 0 N–H and O–H groups in total. The van der Waals surface area contributed by atoms with Crippen molar-refractivity contribution in [1.82, 2.24) is 4.90 Å². The van der Waals surface area contributed by atoms with Crippen LogP contribution >= 0.6 is 11.6 Å². The SMILES string of the molecule is CN1CCCN(c2cc(F)cc(CCl)c2)CC1. The van der Waals surface area contributed by atoms with Gasteiger partial charge in [0.15, 0.2) is 0 Å². The van der Waals surface area contributed by atoms with Gasteiger partial charge in [0.2, 0.25) is 0 Å². The molecule has 1 aromatic carbocycles. The molecule has 0 unspecified atom stereocenters. The van der Waals surface area contributed by atoms with Crippen LogP contribution in [0.4, 0.5) is 10.1 Å². The van der Waals surface area contributed by atoms with Gasteiger partial charge in [-0.25, -0.2) is 4.39 Å². The molecule has 4 heteroatoms. The van der Waals surface area contributed by atoms with Gasteiger partial charge in [0.1, 0.15) is 5.82 Å². The van der Waals surface area contributed by atoms with Crippen molar-refractivity contribution in [2.24, 2.45) is 0 Å². The number of halogens is 2. The molecular formula is C13H18ClFN2. The highest BCUT2D eigenvalue weighted by atomic mass is 35.5. The van der Waals surface area contributed by atoms with Crippen molar-refractivity contribution in [3.8, 4) is 0 Å². The summed E-state index contributed by atoms with van der Waals surface area (Å²) >= 11 is 5.77. The van der Waals surface area contributed by atoms with Crippen molar-refractivity contribution < 1.29 is 4.39 Å². The molecule has 1 aliphatic heterocycles. The second-order valence-electron chi connectivity index (χ2n) is 4.60. The summed E-state index contributed by atoms with van der Waals surface area (Å²) in [5, 5.41) is 0. The number of benzene rings is 1. The van der Waals surface area contributed by atoms with E-state index in [0.29, 0.717) is 5.88 Å². The molecule has 1 saturated heterocycles. The van der Waals surface area contributed by atoms with Gasteiger partial charge < -0.3 is 9.80 Å². The Kier molecular flexibility index (Phi) is 4.24. The fraction of sp³-hybridized carbons (Fsp3) is 0.538. The molecule has 1 fully saturated rings. The zero-order valence-corrected chi connectivity index (χ0v) is 10.9.